The zero-order valence-corrected chi connectivity index (χ0v) is 19.4. The van der Waals surface area contributed by atoms with Crippen molar-refractivity contribution in [2.24, 2.45) is 5.41 Å². The van der Waals surface area contributed by atoms with Gasteiger partial charge in [0.25, 0.3) is 5.91 Å². The quantitative estimate of drug-likeness (QED) is 0.605. The van der Waals surface area contributed by atoms with E-state index in [1.807, 2.05) is 13.0 Å². The van der Waals surface area contributed by atoms with Crippen LogP contribution in [-0.2, 0) is 11.2 Å². The topological polar surface area (TPSA) is 62.3 Å². The summed E-state index contributed by atoms with van der Waals surface area (Å²) >= 11 is 0. The van der Waals surface area contributed by atoms with Gasteiger partial charge in [-0.05, 0) is 61.9 Å². The maximum absolute atomic E-state index is 13.3. The van der Waals surface area contributed by atoms with Crippen molar-refractivity contribution in [3.63, 3.8) is 0 Å². The van der Waals surface area contributed by atoms with Gasteiger partial charge in [-0.25, -0.2) is 0 Å². The third-order valence-electron chi connectivity index (χ3n) is 6.45. The van der Waals surface area contributed by atoms with Crippen molar-refractivity contribution in [3.05, 3.63) is 89.7 Å². The smallest absolute Gasteiger partial charge is 0.272 e. The number of hydrogen-bond donors (Lipinski definition) is 1. The summed E-state index contributed by atoms with van der Waals surface area (Å²) in [6, 6.07) is 22.3. The van der Waals surface area contributed by atoms with E-state index in [2.05, 4.69) is 65.8 Å². The van der Waals surface area contributed by atoms with Crippen molar-refractivity contribution in [2.45, 2.75) is 33.1 Å². The minimum absolute atomic E-state index is 0.0196. The Labute approximate surface area is 195 Å². The van der Waals surface area contributed by atoms with Crippen molar-refractivity contribution < 1.29 is 9.59 Å². The molecule has 3 aromatic rings. The number of pyridine rings is 1. The Morgan fingerprint density at radius 3 is 2.33 bits per heavy atom. The SMILES string of the molecule is CCNC(=O)[C@@]1(Cc2ccc(-c3ccc(C)cc3)cc2)CCCN(C(=O)c2ccccn2)C1. The lowest BCUT2D eigenvalue weighted by Crippen LogP contribution is -2.54. The molecule has 0 saturated carbocycles. The molecule has 2 aromatic carbocycles. The predicted octanol–water partition coefficient (Wildman–Crippen LogP) is 4.66. The van der Waals surface area contributed by atoms with Gasteiger partial charge in [0.1, 0.15) is 5.69 Å². The molecule has 0 radical (unpaired) electrons. The van der Waals surface area contributed by atoms with E-state index in [1.165, 1.54) is 11.1 Å². The van der Waals surface area contributed by atoms with Gasteiger partial charge in [0.2, 0.25) is 5.91 Å². The van der Waals surface area contributed by atoms with E-state index < -0.39 is 5.41 Å². The lowest BCUT2D eigenvalue weighted by molar-refractivity contribution is -0.133. The van der Waals surface area contributed by atoms with Crippen molar-refractivity contribution in [3.8, 4) is 11.1 Å². The number of likely N-dealkylation sites (tertiary alicyclic amines) is 1. The second-order valence-electron chi connectivity index (χ2n) is 8.92. The van der Waals surface area contributed by atoms with E-state index in [0.717, 1.165) is 24.0 Å². The fraction of sp³-hybridized carbons (Fsp3) is 0.321. The van der Waals surface area contributed by atoms with Crippen LogP contribution in [-0.4, -0.2) is 41.3 Å². The zero-order chi connectivity index (χ0) is 23.3. The van der Waals surface area contributed by atoms with Crippen LogP contribution in [0.15, 0.2) is 72.9 Å². The highest BCUT2D eigenvalue weighted by molar-refractivity contribution is 5.93. The summed E-state index contributed by atoms with van der Waals surface area (Å²) in [4.78, 5) is 32.4. The van der Waals surface area contributed by atoms with Crippen LogP contribution in [0.4, 0.5) is 0 Å². The van der Waals surface area contributed by atoms with Crippen LogP contribution in [0.2, 0.25) is 0 Å². The average Bonchev–Trinajstić information content (AvgIpc) is 2.85. The van der Waals surface area contributed by atoms with Crippen LogP contribution in [0, 0.1) is 12.3 Å². The first-order valence-electron chi connectivity index (χ1n) is 11.7. The highest BCUT2D eigenvalue weighted by Crippen LogP contribution is 2.35. The van der Waals surface area contributed by atoms with Crippen LogP contribution in [0.1, 0.15) is 41.4 Å². The summed E-state index contributed by atoms with van der Waals surface area (Å²) < 4.78 is 0. The van der Waals surface area contributed by atoms with Gasteiger partial charge in [-0.15, -0.1) is 0 Å². The molecule has 1 aliphatic heterocycles. The number of piperidine rings is 1. The summed E-state index contributed by atoms with van der Waals surface area (Å²) in [6.45, 7) is 5.62. The molecule has 170 valence electrons. The Morgan fingerprint density at radius 2 is 1.70 bits per heavy atom. The van der Waals surface area contributed by atoms with Gasteiger partial charge < -0.3 is 10.2 Å². The van der Waals surface area contributed by atoms with Crippen molar-refractivity contribution >= 4 is 11.8 Å². The molecule has 5 heteroatoms. The number of hydrogen-bond acceptors (Lipinski definition) is 3. The molecule has 1 N–H and O–H groups in total. The molecule has 1 saturated heterocycles. The fourth-order valence-electron chi connectivity index (χ4n) is 4.67. The monoisotopic (exact) mass is 441 g/mol. The largest absolute Gasteiger partial charge is 0.356 e. The summed E-state index contributed by atoms with van der Waals surface area (Å²) in [7, 11) is 0. The van der Waals surface area contributed by atoms with Crippen molar-refractivity contribution in [1.82, 2.24) is 15.2 Å². The Morgan fingerprint density at radius 1 is 1.00 bits per heavy atom. The second-order valence-corrected chi connectivity index (χ2v) is 8.92. The normalized spacial score (nSPS) is 18.1. The summed E-state index contributed by atoms with van der Waals surface area (Å²) in [5.74, 6) is -0.0928. The first-order chi connectivity index (χ1) is 16.0. The zero-order valence-electron chi connectivity index (χ0n) is 19.4. The van der Waals surface area contributed by atoms with Crippen molar-refractivity contribution in [2.75, 3.05) is 19.6 Å². The van der Waals surface area contributed by atoms with Crippen LogP contribution >= 0.6 is 0 Å². The van der Waals surface area contributed by atoms with Gasteiger partial charge in [0.05, 0.1) is 5.41 Å². The molecule has 1 fully saturated rings. The number of aryl methyl sites for hydroxylation is 1. The van der Waals surface area contributed by atoms with Crippen molar-refractivity contribution in [1.29, 1.82) is 0 Å². The lowest BCUT2D eigenvalue weighted by atomic mass is 9.74. The summed E-state index contributed by atoms with van der Waals surface area (Å²) in [5.41, 5.74) is 4.44. The standard InChI is InChI=1S/C28H31N3O2/c1-3-29-27(33)28(16-6-18-31(20-28)26(32)25-7-4-5-17-30-25)19-22-10-14-24(15-11-22)23-12-8-21(2)9-13-23/h4-5,7-15,17H,3,6,16,18-20H2,1-2H3,(H,29,33)/t28-/m1/s1. The molecule has 1 atom stereocenters. The highest BCUT2D eigenvalue weighted by Gasteiger charge is 2.43. The maximum atomic E-state index is 13.3. The molecular formula is C28H31N3O2. The Balaban J connectivity index is 1.57. The Hall–Kier alpha value is -3.47. The number of amides is 2. The van der Waals surface area contributed by atoms with Crippen LogP contribution in [0.25, 0.3) is 11.1 Å². The minimum Gasteiger partial charge on any atom is -0.356 e. The number of nitrogens with zero attached hydrogens (tertiary/aromatic N) is 2. The highest BCUT2D eigenvalue weighted by atomic mass is 16.2. The molecule has 0 spiro atoms. The van der Waals surface area contributed by atoms with Gasteiger partial charge in [0.15, 0.2) is 0 Å². The number of benzene rings is 2. The number of carbonyl (C=O) groups is 2. The number of carbonyl (C=O) groups excluding carboxylic acids is 2. The average molecular weight is 442 g/mol. The molecule has 2 heterocycles. The summed E-state index contributed by atoms with van der Waals surface area (Å²) in [6.07, 6.45) is 3.77. The van der Waals surface area contributed by atoms with E-state index in [4.69, 9.17) is 0 Å². The fourth-order valence-corrected chi connectivity index (χ4v) is 4.67. The molecule has 1 aromatic heterocycles. The minimum atomic E-state index is -0.649. The molecule has 1 aliphatic rings. The molecule has 33 heavy (non-hydrogen) atoms. The first kappa shape index (κ1) is 22.7. The van der Waals surface area contributed by atoms with Crippen LogP contribution in [0.3, 0.4) is 0 Å². The van der Waals surface area contributed by atoms with E-state index in [-0.39, 0.29) is 11.8 Å². The molecule has 2 amide bonds. The van der Waals surface area contributed by atoms with Gasteiger partial charge in [-0.2, -0.15) is 0 Å². The lowest BCUT2D eigenvalue weighted by Gasteiger charge is -2.41. The van der Waals surface area contributed by atoms with Gasteiger partial charge in [0, 0.05) is 25.8 Å². The third kappa shape index (κ3) is 5.14. The van der Waals surface area contributed by atoms with Gasteiger partial charge in [-0.3, -0.25) is 14.6 Å². The number of nitrogens with one attached hydrogen (secondary N) is 1. The van der Waals surface area contributed by atoms with Crippen LogP contribution < -0.4 is 5.32 Å². The Bertz CT molecular complexity index is 1090. The molecule has 0 bridgehead atoms. The maximum Gasteiger partial charge on any atom is 0.272 e. The second kappa shape index (κ2) is 9.99. The van der Waals surface area contributed by atoms with E-state index in [0.29, 0.717) is 31.7 Å². The molecule has 0 aliphatic carbocycles. The van der Waals surface area contributed by atoms with E-state index >= 15 is 0 Å². The number of rotatable bonds is 6. The molecule has 4 rings (SSSR count). The van der Waals surface area contributed by atoms with Crippen LogP contribution in [0.5, 0.6) is 0 Å². The summed E-state index contributed by atoms with van der Waals surface area (Å²) in [5, 5.41) is 3.03. The Kier molecular flexibility index (Phi) is 6.87. The van der Waals surface area contributed by atoms with E-state index in [1.54, 1.807) is 23.2 Å². The predicted molar refractivity (Wildman–Crippen MR) is 131 cm³/mol. The molecule has 0 unspecified atom stereocenters. The third-order valence-corrected chi connectivity index (χ3v) is 6.45. The number of aromatic nitrogens is 1. The molecular weight excluding hydrogens is 410 g/mol. The van der Waals surface area contributed by atoms with Gasteiger partial charge >= 0.3 is 0 Å². The first-order valence-corrected chi connectivity index (χ1v) is 11.7. The molecule has 5 nitrogen and oxygen atoms in total. The van der Waals surface area contributed by atoms with Gasteiger partial charge in [-0.1, -0.05) is 60.2 Å². The van der Waals surface area contributed by atoms with E-state index in [9.17, 15) is 9.59 Å².